The largest absolute Gasteiger partial charge is 0.454 e. The van der Waals surface area contributed by atoms with Crippen molar-refractivity contribution in [3.05, 3.63) is 97.2 Å². The molecule has 1 saturated heterocycles. The van der Waals surface area contributed by atoms with Crippen LogP contribution in [0.2, 0.25) is 0 Å². The topological polar surface area (TPSA) is 175 Å². The highest BCUT2D eigenvalue weighted by atomic mass is 16.7. The Morgan fingerprint density at radius 2 is 0.880 bits per heavy atom. The van der Waals surface area contributed by atoms with Crippen LogP contribution < -0.4 is 5.32 Å². The number of rotatable bonds is 57. The van der Waals surface area contributed by atoms with Gasteiger partial charge in [0.15, 0.2) is 12.4 Å². The third-order valence-corrected chi connectivity index (χ3v) is 15.6. The van der Waals surface area contributed by atoms with Gasteiger partial charge in [0.25, 0.3) is 0 Å². The Labute approximate surface area is 507 Å². The highest BCUT2D eigenvalue weighted by Gasteiger charge is 2.47. The van der Waals surface area contributed by atoms with Crippen molar-refractivity contribution in [2.75, 3.05) is 13.2 Å². The summed E-state index contributed by atoms with van der Waals surface area (Å²) in [5.41, 5.74) is 0. The summed E-state index contributed by atoms with van der Waals surface area (Å²) in [5.74, 6) is -1.24. The molecule has 0 aromatic carbocycles. The van der Waals surface area contributed by atoms with Crippen LogP contribution in [0, 0.1) is 0 Å². The Kier molecular flexibility index (Phi) is 55.1. The maximum Gasteiger partial charge on any atom is 0.306 e. The summed E-state index contributed by atoms with van der Waals surface area (Å²) in [6.07, 6.45) is 68.9. The van der Waals surface area contributed by atoms with Crippen LogP contribution in [0.1, 0.15) is 284 Å². The summed E-state index contributed by atoms with van der Waals surface area (Å²) in [5, 5.41) is 57.0. The third kappa shape index (κ3) is 46.5. The Morgan fingerprint density at radius 3 is 1.34 bits per heavy atom. The summed E-state index contributed by atoms with van der Waals surface area (Å²) in [6.45, 7) is 5.62. The second-order valence-electron chi connectivity index (χ2n) is 23.3. The van der Waals surface area contributed by atoms with Crippen molar-refractivity contribution in [2.24, 2.45) is 0 Å². The van der Waals surface area contributed by atoms with Gasteiger partial charge < -0.3 is 45.1 Å². The van der Waals surface area contributed by atoms with Crippen LogP contribution in [0.5, 0.6) is 0 Å². The molecule has 11 heteroatoms. The molecule has 0 aliphatic carbocycles. The molecule has 6 N–H and O–H groups in total. The van der Waals surface area contributed by atoms with Gasteiger partial charge in [-0.25, -0.2) is 0 Å². The van der Waals surface area contributed by atoms with Crippen LogP contribution in [-0.2, 0) is 23.8 Å². The number of aliphatic hydroxyl groups excluding tert-OH is 5. The van der Waals surface area contributed by atoms with E-state index in [0.29, 0.717) is 12.8 Å². The summed E-state index contributed by atoms with van der Waals surface area (Å²) >= 11 is 0. The predicted molar refractivity (Wildman–Crippen MR) is 347 cm³/mol. The first-order chi connectivity index (χ1) is 40.7. The van der Waals surface area contributed by atoms with E-state index in [1.807, 2.05) is 72.9 Å². The number of hydrogen-bond acceptors (Lipinski definition) is 10. The van der Waals surface area contributed by atoms with E-state index in [4.69, 9.17) is 14.2 Å². The maximum atomic E-state index is 13.4. The van der Waals surface area contributed by atoms with Crippen LogP contribution in [0.4, 0.5) is 0 Å². The first-order valence-corrected chi connectivity index (χ1v) is 34.1. The number of carbonyl (C=O) groups excluding carboxylic acids is 2. The summed E-state index contributed by atoms with van der Waals surface area (Å²) in [7, 11) is 0. The van der Waals surface area contributed by atoms with Gasteiger partial charge in [0.2, 0.25) is 5.91 Å². The fraction of sp³-hybridized carbons (Fsp3) is 0.750. The molecule has 83 heavy (non-hydrogen) atoms. The molecule has 1 heterocycles. The number of allylic oxidation sites excluding steroid dienone is 15. The van der Waals surface area contributed by atoms with E-state index in [0.717, 1.165) is 64.2 Å². The zero-order valence-corrected chi connectivity index (χ0v) is 53.0. The van der Waals surface area contributed by atoms with E-state index in [9.17, 15) is 35.1 Å². The van der Waals surface area contributed by atoms with Crippen molar-refractivity contribution in [1.29, 1.82) is 0 Å². The minimum atomic E-state index is -1.63. The predicted octanol–water partition coefficient (Wildman–Crippen LogP) is 17.1. The van der Waals surface area contributed by atoms with Gasteiger partial charge >= 0.3 is 5.97 Å². The monoisotopic (exact) mass is 1160 g/mol. The van der Waals surface area contributed by atoms with Crippen LogP contribution in [0.25, 0.3) is 0 Å². The first kappa shape index (κ1) is 77.6. The molecule has 478 valence electrons. The molecule has 1 rings (SSSR count). The smallest absolute Gasteiger partial charge is 0.306 e. The van der Waals surface area contributed by atoms with Gasteiger partial charge in [-0.1, -0.05) is 304 Å². The number of carbonyl (C=O) groups is 2. The molecule has 1 aliphatic rings. The van der Waals surface area contributed by atoms with Gasteiger partial charge in [0.1, 0.15) is 24.4 Å². The number of amides is 1. The maximum absolute atomic E-state index is 13.4. The van der Waals surface area contributed by atoms with Crippen molar-refractivity contribution >= 4 is 11.9 Å². The highest BCUT2D eigenvalue weighted by Crippen LogP contribution is 2.26. The van der Waals surface area contributed by atoms with Crippen molar-refractivity contribution in [3.63, 3.8) is 0 Å². The lowest BCUT2D eigenvalue weighted by molar-refractivity contribution is -0.305. The molecule has 8 unspecified atom stereocenters. The summed E-state index contributed by atoms with van der Waals surface area (Å²) in [6, 6.07) is -1.05. The first-order valence-electron chi connectivity index (χ1n) is 34.1. The van der Waals surface area contributed by atoms with Crippen molar-refractivity contribution in [3.8, 4) is 0 Å². The van der Waals surface area contributed by atoms with Gasteiger partial charge in [0, 0.05) is 6.42 Å². The fourth-order valence-corrected chi connectivity index (χ4v) is 10.3. The van der Waals surface area contributed by atoms with Gasteiger partial charge in [0.05, 0.1) is 25.4 Å². The zero-order chi connectivity index (χ0) is 60.3. The molecule has 8 atom stereocenters. The van der Waals surface area contributed by atoms with E-state index in [1.54, 1.807) is 6.08 Å². The summed E-state index contributed by atoms with van der Waals surface area (Å²) in [4.78, 5) is 26.6. The Bertz CT molecular complexity index is 1720. The Hall–Kier alpha value is -3.42. The van der Waals surface area contributed by atoms with Gasteiger partial charge in [-0.15, -0.1) is 0 Å². The van der Waals surface area contributed by atoms with Gasteiger partial charge in [-0.2, -0.15) is 0 Å². The average molecular weight is 1160 g/mol. The molecule has 11 nitrogen and oxygen atoms in total. The van der Waals surface area contributed by atoms with Crippen molar-refractivity contribution in [1.82, 2.24) is 5.32 Å². The van der Waals surface area contributed by atoms with Crippen LogP contribution in [0.15, 0.2) is 97.2 Å². The molecule has 0 radical (unpaired) electrons. The van der Waals surface area contributed by atoms with Gasteiger partial charge in [-0.05, 0) is 70.6 Å². The molecule has 0 saturated carbocycles. The highest BCUT2D eigenvalue weighted by molar-refractivity contribution is 5.80. The lowest BCUT2D eigenvalue weighted by atomic mass is 9.99. The average Bonchev–Trinajstić information content (AvgIpc) is 3.52. The summed E-state index contributed by atoms with van der Waals surface area (Å²) < 4.78 is 17.6. The minimum absolute atomic E-state index is 0.116. The second-order valence-corrected chi connectivity index (χ2v) is 23.3. The van der Waals surface area contributed by atoms with E-state index in [1.165, 1.54) is 173 Å². The van der Waals surface area contributed by atoms with Crippen LogP contribution in [-0.4, -0.2) is 99.6 Å². The van der Waals surface area contributed by atoms with Crippen molar-refractivity contribution < 1.29 is 49.3 Å². The van der Waals surface area contributed by atoms with E-state index >= 15 is 0 Å². The number of ether oxygens (including phenoxy) is 3. The van der Waals surface area contributed by atoms with Gasteiger partial charge in [-0.3, -0.25) is 9.59 Å². The van der Waals surface area contributed by atoms with E-state index < -0.39 is 67.4 Å². The number of unbranched alkanes of at least 4 members (excludes halogenated alkanes) is 34. The number of esters is 1. The molecule has 0 spiro atoms. The molecule has 1 fully saturated rings. The standard InChI is InChI=1S/C72H125NO10/c1-4-7-10-13-16-19-22-24-26-28-29-30-31-32-33-34-35-36-37-38-40-42-45-48-51-54-57-60-67(77)83-70-69(79)68(78)66(61-74)82-72(70)81-62-63(64(75)58-55-52-49-46-43-21-18-15-12-9-6-3)73-71(80)65(76)59-56-53-50-47-44-41-39-27-25-23-20-17-14-11-8-5-2/h8,11,14,17,20,23-27,39,41,44,47,55,58,63-66,68-70,72,74-76,78-79H,4-7,9-10,12-13,15-16,18-19,21-22,28-38,40,42-43,45-46,48-54,56-57,59-62H2,1-3H3,(H,73,80)/b11-8-,17-14+,23-20+,26-24+,27-25-,41-39+,47-44+,58-55+. The molecule has 0 aromatic rings. The van der Waals surface area contributed by atoms with Crippen LogP contribution >= 0.6 is 0 Å². The lowest BCUT2D eigenvalue weighted by Gasteiger charge is -2.41. The second kappa shape index (κ2) is 58.9. The Morgan fingerprint density at radius 1 is 0.482 bits per heavy atom. The minimum Gasteiger partial charge on any atom is -0.454 e. The lowest BCUT2D eigenvalue weighted by Crippen LogP contribution is -2.61. The number of aliphatic hydroxyl groups is 5. The third-order valence-electron chi connectivity index (χ3n) is 15.6. The van der Waals surface area contributed by atoms with Crippen molar-refractivity contribution in [2.45, 2.75) is 333 Å². The number of hydrogen-bond donors (Lipinski definition) is 6. The van der Waals surface area contributed by atoms with E-state index in [2.05, 4.69) is 44.3 Å². The molecule has 1 aliphatic heterocycles. The SMILES string of the molecule is CC\C=C/C=C/C=C/C=C\C=C\C=C\CCCCC(O)C(=O)NC(COC1OC(CO)C(O)C(O)C1OC(=O)CCCCCCCCCCCCCCCCCCC/C=C/CCCCCCCC)C(O)/C=C/CCCCCCCCCCC. The fourth-order valence-electron chi connectivity index (χ4n) is 10.3. The normalized spacial score (nSPS) is 19.2. The molecular formula is C72H125NO10. The zero-order valence-electron chi connectivity index (χ0n) is 53.0. The quantitative estimate of drug-likeness (QED) is 0.0149. The number of nitrogens with one attached hydrogen (secondary N) is 1. The Balaban J connectivity index is 2.56. The molecule has 0 bridgehead atoms. The molecular weight excluding hydrogens is 1040 g/mol. The molecule has 1 amide bonds. The van der Waals surface area contributed by atoms with Crippen LogP contribution in [0.3, 0.4) is 0 Å². The van der Waals surface area contributed by atoms with E-state index in [-0.39, 0.29) is 19.4 Å². The molecule has 0 aromatic heterocycles.